The highest BCUT2D eigenvalue weighted by Gasteiger charge is 2.18. The second-order valence-electron chi connectivity index (χ2n) is 6.51. The van der Waals surface area contributed by atoms with Gasteiger partial charge in [-0.1, -0.05) is 48.2 Å². The van der Waals surface area contributed by atoms with E-state index < -0.39 is 0 Å². The minimum absolute atomic E-state index is 0.102. The van der Waals surface area contributed by atoms with Crippen molar-refractivity contribution in [3.63, 3.8) is 0 Å². The van der Waals surface area contributed by atoms with Crippen LogP contribution in [0.2, 0.25) is 0 Å². The predicted molar refractivity (Wildman–Crippen MR) is 107 cm³/mol. The fourth-order valence-electron chi connectivity index (χ4n) is 3.09. The van der Waals surface area contributed by atoms with E-state index in [-0.39, 0.29) is 5.91 Å². The van der Waals surface area contributed by atoms with Crippen molar-refractivity contribution in [2.24, 2.45) is 7.05 Å². The molecule has 1 aliphatic heterocycles. The number of hydrogen-bond donors (Lipinski definition) is 0. The number of benzene rings is 2. The van der Waals surface area contributed by atoms with Crippen LogP contribution < -0.4 is 4.74 Å². The molecule has 0 atom stereocenters. The van der Waals surface area contributed by atoms with Gasteiger partial charge in [-0.25, -0.2) is 0 Å². The third-order valence-electron chi connectivity index (χ3n) is 4.72. The molecule has 8 heteroatoms. The summed E-state index contributed by atoms with van der Waals surface area (Å²) in [5, 5.41) is 11.3. The lowest BCUT2D eigenvalue weighted by molar-refractivity contribution is -0.132. The molecule has 1 fully saturated rings. The smallest absolute Gasteiger partial charge is 0.233 e. The van der Waals surface area contributed by atoms with Crippen molar-refractivity contribution in [1.29, 1.82) is 0 Å². The zero-order valence-corrected chi connectivity index (χ0v) is 16.5. The van der Waals surface area contributed by atoms with Gasteiger partial charge in [0.2, 0.25) is 5.91 Å². The van der Waals surface area contributed by atoms with Crippen LogP contribution in [0.1, 0.15) is 5.82 Å². The van der Waals surface area contributed by atoms with Crippen molar-refractivity contribution in [2.75, 3.05) is 32.1 Å². The molecule has 1 aromatic heterocycles. The van der Waals surface area contributed by atoms with Gasteiger partial charge in [0.05, 0.1) is 19.0 Å². The van der Waals surface area contributed by atoms with Gasteiger partial charge in [0.15, 0.2) is 11.0 Å². The number of fused-ring (bicyclic) bond motifs is 1. The molecule has 28 heavy (non-hydrogen) atoms. The molecule has 1 aliphatic rings. The fraction of sp³-hybridized carbons (Fsp3) is 0.350. The number of thioether (sulfide) groups is 1. The van der Waals surface area contributed by atoms with E-state index in [0.29, 0.717) is 49.6 Å². The number of morpholine rings is 1. The second-order valence-corrected chi connectivity index (χ2v) is 7.45. The minimum atomic E-state index is 0.102. The molecule has 1 saturated heterocycles. The number of hydrogen-bond acceptors (Lipinski definition) is 6. The standard InChI is InChI=1S/C20H22N4O3S/c1-23-18(13-27-17-8-4-6-15-5-2-3-7-16(15)17)21-22-20(23)28-14-19(25)24-9-11-26-12-10-24/h2-8H,9-14H2,1H3. The van der Waals surface area contributed by atoms with E-state index in [9.17, 15) is 4.79 Å². The van der Waals surface area contributed by atoms with Gasteiger partial charge in [0, 0.05) is 25.5 Å². The summed E-state index contributed by atoms with van der Waals surface area (Å²) in [6.07, 6.45) is 0. The molecule has 3 aromatic rings. The Bertz CT molecular complexity index is 964. The molecule has 1 amide bonds. The third kappa shape index (κ3) is 4.13. The summed E-state index contributed by atoms with van der Waals surface area (Å²) in [4.78, 5) is 14.1. The third-order valence-corrected chi connectivity index (χ3v) is 5.73. The van der Waals surface area contributed by atoms with Crippen LogP contribution in [0.4, 0.5) is 0 Å². The molecule has 0 unspecified atom stereocenters. The topological polar surface area (TPSA) is 69.5 Å². The van der Waals surface area contributed by atoms with Crippen LogP contribution in [0.15, 0.2) is 47.6 Å². The first-order chi connectivity index (χ1) is 13.7. The average Bonchev–Trinajstić information content (AvgIpc) is 3.10. The molecule has 0 N–H and O–H groups in total. The summed E-state index contributed by atoms with van der Waals surface area (Å²) in [5.74, 6) is 1.98. The van der Waals surface area contributed by atoms with Gasteiger partial charge in [-0.3, -0.25) is 4.79 Å². The number of ether oxygens (including phenoxy) is 2. The molecule has 4 rings (SSSR count). The van der Waals surface area contributed by atoms with Crippen LogP contribution in [-0.4, -0.2) is 57.6 Å². The number of aromatic nitrogens is 3. The van der Waals surface area contributed by atoms with E-state index in [4.69, 9.17) is 9.47 Å². The normalized spacial score (nSPS) is 14.4. The summed E-state index contributed by atoms with van der Waals surface area (Å²) in [7, 11) is 1.89. The van der Waals surface area contributed by atoms with E-state index in [2.05, 4.69) is 22.3 Å². The van der Waals surface area contributed by atoms with Gasteiger partial charge in [-0.15, -0.1) is 10.2 Å². The van der Waals surface area contributed by atoms with Gasteiger partial charge < -0.3 is 18.9 Å². The van der Waals surface area contributed by atoms with Crippen LogP contribution in [0, 0.1) is 0 Å². The van der Waals surface area contributed by atoms with Gasteiger partial charge in [-0.2, -0.15) is 0 Å². The molecular formula is C20H22N4O3S. The fourth-order valence-corrected chi connectivity index (χ4v) is 3.92. The highest BCUT2D eigenvalue weighted by atomic mass is 32.2. The monoisotopic (exact) mass is 398 g/mol. The molecule has 146 valence electrons. The Morgan fingerprint density at radius 3 is 2.79 bits per heavy atom. The van der Waals surface area contributed by atoms with Crippen molar-refractivity contribution in [1.82, 2.24) is 19.7 Å². The Morgan fingerprint density at radius 2 is 1.93 bits per heavy atom. The van der Waals surface area contributed by atoms with Crippen molar-refractivity contribution in [2.45, 2.75) is 11.8 Å². The van der Waals surface area contributed by atoms with E-state index in [1.807, 2.05) is 46.8 Å². The van der Waals surface area contributed by atoms with E-state index >= 15 is 0 Å². The quantitative estimate of drug-likeness (QED) is 0.594. The molecule has 0 radical (unpaired) electrons. The Hall–Kier alpha value is -2.58. The van der Waals surface area contributed by atoms with E-state index in [0.717, 1.165) is 16.5 Å². The summed E-state index contributed by atoms with van der Waals surface area (Å²) in [6.45, 7) is 2.84. The lowest BCUT2D eigenvalue weighted by atomic mass is 10.1. The first-order valence-electron chi connectivity index (χ1n) is 9.19. The van der Waals surface area contributed by atoms with Crippen molar-refractivity contribution in [3.8, 4) is 5.75 Å². The number of rotatable bonds is 6. The van der Waals surface area contributed by atoms with Gasteiger partial charge in [0.25, 0.3) is 0 Å². The molecule has 0 aliphatic carbocycles. The molecular weight excluding hydrogens is 376 g/mol. The summed E-state index contributed by atoms with van der Waals surface area (Å²) >= 11 is 1.40. The van der Waals surface area contributed by atoms with Crippen LogP contribution in [0.3, 0.4) is 0 Å². The van der Waals surface area contributed by atoms with Gasteiger partial charge in [0.1, 0.15) is 12.4 Å². The first kappa shape index (κ1) is 18.8. The number of carbonyl (C=O) groups excluding carboxylic acids is 1. The molecule has 7 nitrogen and oxygen atoms in total. The number of amides is 1. The molecule has 0 bridgehead atoms. The maximum absolute atomic E-state index is 12.3. The van der Waals surface area contributed by atoms with Gasteiger partial charge in [-0.05, 0) is 11.5 Å². The van der Waals surface area contributed by atoms with Crippen LogP contribution >= 0.6 is 11.8 Å². The van der Waals surface area contributed by atoms with E-state index in [1.165, 1.54) is 11.8 Å². The molecule has 2 heterocycles. The number of nitrogens with zero attached hydrogens (tertiary/aromatic N) is 4. The molecule has 2 aromatic carbocycles. The Kier molecular flexibility index (Phi) is 5.78. The van der Waals surface area contributed by atoms with Crippen molar-refractivity contribution >= 4 is 28.4 Å². The van der Waals surface area contributed by atoms with Crippen LogP contribution in [-0.2, 0) is 23.2 Å². The SMILES string of the molecule is Cn1c(COc2cccc3ccccc23)nnc1SCC(=O)N1CCOCC1. The first-order valence-corrected chi connectivity index (χ1v) is 10.2. The highest BCUT2D eigenvalue weighted by molar-refractivity contribution is 7.99. The van der Waals surface area contributed by atoms with Gasteiger partial charge >= 0.3 is 0 Å². The largest absolute Gasteiger partial charge is 0.485 e. The lowest BCUT2D eigenvalue weighted by Gasteiger charge is -2.26. The summed E-state index contributed by atoms with van der Waals surface area (Å²) in [5.41, 5.74) is 0. The Balaban J connectivity index is 1.37. The molecule has 0 spiro atoms. The van der Waals surface area contributed by atoms with Crippen LogP contribution in [0.25, 0.3) is 10.8 Å². The molecule has 0 saturated carbocycles. The minimum Gasteiger partial charge on any atom is -0.485 e. The number of carbonyl (C=O) groups is 1. The zero-order valence-electron chi connectivity index (χ0n) is 15.7. The van der Waals surface area contributed by atoms with Crippen molar-refractivity contribution < 1.29 is 14.3 Å². The zero-order chi connectivity index (χ0) is 19.3. The second kappa shape index (κ2) is 8.62. The Labute approximate surface area is 167 Å². The maximum Gasteiger partial charge on any atom is 0.233 e. The van der Waals surface area contributed by atoms with Crippen molar-refractivity contribution in [3.05, 3.63) is 48.3 Å². The maximum atomic E-state index is 12.3. The summed E-state index contributed by atoms with van der Waals surface area (Å²) in [6, 6.07) is 14.1. The van der Waals surface area contributed by atoms with E-state index in [1.54, 1.807) is 0 Å². The average molecular weight is 398 g/mol. The lowest BCUT2D eigenvalue weighted by Crippen LogP contribution is -2.41. The predicted octanol–water partition coefficient (Wildman–Crippen LogP) is 2.50. The summed E-state index contributed by atoms with van der Waals surface area (Å²) < 4.78 is 13.2. The Morgan fingerprint density at radius 1 is 1.14 bits per heavy atom. The van der Waals surface area contributed by atoms with Crippen LogP contribution in [0.5, 0.6) is 5.75 Å². The highest BCUT2D eigenvalue weighted by Crippen LogP contribution is 2.26.